The number of carbonyl (C=O) groups excluding carboxylic acids is 1. The normalized spacial score (nSPS) is 15.0. The number of amides is 1. The minimum absolute atomic E-state index is 0.235. The molecule has 6 heteroatoms. The zero-order valence-electron chi connectivity index (χ0n) is 17.6. The summed E-state index contributed by atoms with van der Waals surface area (Å²) in [7, 11) is 0. The van der Waals surface area contributed by atoms with Gasteiger partial charge in [-0.05, 0) is 36.4 Å². The first-order chi connectivity index (χ1) is 15.1. The van der Waals surface area contributed by atoms with Crippen molar-refractivity contribution in [2.45, 2.75) is 13.5 Å². The van der Waals surface area contributed by atoms with Gasteiger partial charge >= 0.3 is 0 Å². The maximum atomic E-state index is 14.8. The summed E-state index contributed by atoms with van der Waals surface area (Å²) < 4.78 is 14.8. The molecule has 1 radical (unpaired) electrons. The highest BCUT2D eigenvalue weighted by atomic mass is 19.1. The highest BCUT2D eigenvalue weighted by Crippen LogP contribution is 2.22. The van der Waals surface area contributed by atoms with Crippen molar-refractivity contribution in [2.75, 3.05) is 38.0 Å². The lowest BCUT2D eigenvalue weighted by atomic mass is 10.1. The predicted octanol–water partition coefficient (Wildman–Crippen LogP) is 4.08. The Morgan fingerprint density at radius 1 is 1.10 bits per heavy atom. The van der Waals surface area contributed by atoms with E-state index in [0.717, 1.165) is 38.3 Å². The van der Waals surface area contributed by atoms with Crippen molar-refractivity contribution < 1.29 is 9.18 Å². The van der Waals surface area contributed by atoms with Gasteiger partial charge in [-0.25, -0.2) is 4.39 Å². The molecule has 0 aliphatic carbocycles. The SMILES string of the molecule is CCN1CCN(Cc2cnc(-c3ccc(C(=O)Nc4[c]cccc4)cc3)c(F)c2)CC1. The van der Waals surface area contributed by atoms with Crippen LogP contribution in [0.15, 0.2) is 60.8 Å². The van der Waals surface area contributed by atoms with Crippen LogP contribution >= 0.6 is 0 Å². The number of hydrogen-bond donors (Lipinski definition) is 1. The zero-order chi connectivity index (χ0) is 21.6. The van der Waals surface area contributed by atoms with E-state index in [1.165, 1.54) is 0 Å². The van der Waals surface area contributed by atoms with Crippen LogP contribution < -0.4 is 5.32 Å². The van der Waals surface area contributed by atoms with E-state index in [1.54, 1.807) is 48.7 Å². The summed E-state index contributed by atoms with van der Waals surface area (Å²) in [5.41, 5.74) is 2.91. The Bertz CT molecular complexity index is 1020. The second-order valence-electron chi connectivity index (χ2n) is 7.69. The molecule has 1 fully saturated rings. The summed E-state index contributed by atoms with van der Waals surface area (Å²) in [6.45, 7) is 8.03. The molecule has 1 aliphatic heterocycles. The Balaban J connectivity index is 1.40. The molecule has 31 heavy (non-hydrogen) atoms. The van der Waals surface area contributed by atoms with Crippen molar-refractivity contribution in [3.05, 3.63) is 83.8 Å². The highest BCUT2D eigenvalue weighted by molar-refractivity contribution is 6.04. The van der Waals surface area contributed by atoms with Gasteiger partial charge in [0.2, 0.25) is 0 Å². The fourth-order valence-electron chi connectivity index (χ4n) is 3.74. The summed E-state index contributed by atoms with van der Waals surface area (Å²) >= 11 is 0. The van der Waals surface area contributed by atoms with Gasteiger partial charge in [0.25, 0.3) is 5.91 Å². The standard InChI is InChI=1S/C25H26FN4O/c1-2-29-12-14-30(15-13-29)18-19-16-23(26)24(27-17-19)20-8-10-21(11-9-20)25(31)28-22-6-4-3-5-7-22/h3-6,8-11,16-17H,2,12-15,18H2,1H3,(H,28,31). The van der Waals surface area contributed by atoms with Crippen LogP contribution in [0.1, 0.15) is 22.8 Å². The summed E-state index contributed by atoms with van der Waals surface area (Å²) in [5.74, 6) is -0.582. The summed E-state index contributed by atoms with van der Waals surface area (Å²) in [4.78, 5) is 21.5. The smallest absolute Gasteiger partial charge is 0.255 e. The first kappa shape index (κ1) is 21.2. The molecule has 4 rings (SSSR count). The van der Waals surface area contributed by atoms with Gasteiger partial charge < -0.3 is 10.2 Å². The van der Waals surface area contributed by atoms with E-state index in [1.807, 2.05) is 12.1 Å². The van der Waals surface area contributed by atoms with Crippen molar-refractivity contribution in [3.63, 3.8) is 0 Å². The fourth-order valence-corrected chi connectivity index (χ4v) is 3.74. The van der Waals surface area contributed by atoms with Crippen molar-refractivity contribution in [1.82, 2.24) is 14.8 Å². The van der Waals surface area contributed by atoms with Gasteiger partial charge in [-0.2, -0.15) is 0 Å². The number of halogens is 1. The van der Waals surface area contributed by atoms with Gasteiger partial charge in [-0.15, -0.1) is 0 Å². The first-order valence-electron chi connectivity index (χ1n) is 10.6. The van der Waals surface area contributed by atoms with Crippen molar-refractivity contribution >= 4 is 11.6 Å². The first-order valence-corrected chi connectivity index (χ1v) is 10.6. The van der Waals surface area contributed by atoms with Gasteiger partial charge in [0.05, 0.1) is 0 Å². The minimum Gasteiger partial charge on any atom is -0.321 e. The number of anilines is 1. The molecular weight excluding hydrogens is 391 g/mol. The molecule has 1 amide bonds. The number of para-hydroxylation sites is 1. The number of pyridine rings is 1. The number of rotatable bonds is 6. The maximum absolute atomic E-state index is 14.8. The Morgan fingerprint density at radius 3 is 2.48 bits per heavy atom. The molecule has 0 unspecified atom stereocenters. The zero-order valence-corrected chi connectivity index (χ0v) is 17.6. The average Bonchev–Trinajstić information content (AvgIpc) is 2.80. The van der Waals surface area contributed by atoms with E-state index in [0.29, 0.717) is 29.1 Å². The van der Waals surface area contributed by atoms with Gasteiger partial charge in [0.1, 0.15) is 11.5 Å². The monoisotopic (exact) mass is 417 g/mol. The maximum Gasteiger partial charge on any atom is 0.255 e. The highest BCUT2D eigenvalue weighted by Gasteiger charge is 2.17. The van der Waals surface area contributed by atoms with Crippen LogP contribution in [0.5, 0.6) is 0 Å². The third-order valence-electron chi connectivity index (χ3n) is 5.59. The molecule has 159 valence electrons. The Hall–Kier alpha value is -3.09. The lowest BCUT2D eigenvalue weighted by molar-refractivity contribution is 0.102. The number of nitrogens with zero attached hydrogens (tertiary/aromatic N) is 3. The van der Waals surface area contributed by atoms with E-state index in [2.05, 4.69) is 33.1 Å². The molecule has 0 spiro atoms. The molecule has 1 N–H and O–H groups in total. The molecule has 0 atom stereocenters. The molecule has 0 saturated carbocycles. The molecule has 3 aromatic rings. The fraction of sp³-hybridized carbons (Fsp3) is 0.280. The minimum atomic E-state index is -0.346. The van der Waals surface area contributed by atoms with Gasteiger partial charge in [0.15, 0.2) is 0 Å². The van der Waals surface area contributed by atoms with E-state index in [4.69, 9.17) is 0 Å². The molecule has 1 saturated heterocycles. The van der Waals surface area contributed by atoms with Gasteiger partial charge in [0, 0.05) is 61.8 Å². The summed E-state index contributed by atoms with van der Waals surface area (Å²) in [6, 6.07) is 18.5. The topological polar surface area (TPSA) is 48.5 Å². The van der Waals surface area contributed by atoms with Crippen LogP contribution in [-0.4, -0.2) is 53.4 Å². The number of aromatic nitrogens is 1. The lowest BCUT2D eigenvalue weighted by Crippen LogP contribution is -2.45. The second kappa shape index (κ2) is 9.81. The third kappa shape index (κ3) is 5.34. The predicted molar refractivity (Wildman–Crippen MR) is 120 cm³/mol. The Morgan fingerprint density at radius 2 is 1.84 bits per heavy atom. The van der Waals surface area contributed by atoms with Gasteiger partial charge in [-0.3, -0.25) is 14.7 Å². The van der Waals surface area contributed by atoms with Crippen molar-refractivity contribution in [1.29, 1.82) is 0 Å². The summed E-state index contributed by atoms with van der Waals surface area (Å²) in [5, 5.41) is 2.79. The van der Waals surface area contributed by atoms with Crippen molar-refractivity contribution in [2.24, 2.45) is 0 Å². The van der Waals surface area contributed by atoms with E-state index >= 15 is 0 Å². The van der Waals surface area contributed by atoms with Crippen molar-refractivity contribution in [3.8, 4) is 11.3 Å². The Labute approximate surface area is 182 Å². The molecule has 1 aromatic heterocycles. The largest absolute Gasteiger partial charge is 0.321 e. The van der Waals surface area contributed by atoms with E-state index in [9.17, 15) is 9.18 Å². The molecule has 5 nitrogen and oxygen atoms in total. The number of nitrogens with one attached hydrogen (secondary N) is 1. The van der Waals surface area contributed by atoms with Crippen LogP contribution in [-0.2, 0) is 6.54 Å². The van der Waals surface area contributed by atoms with Crippen LogP contribution in [0.2, 0.25) is 0 Å². The number of benzene rings is 2. The molecule has 1 aliphatic rings. The number of carbonyl (C=O) groups is 1. The quantitative estimate of drug-likeness (QED) is 0.657. The number of likely N-dealkylation sites (N-methyl/N-ethyl adjacent to an activating group) is 1. The molecule has 0 bridgehead atoms. The summed E-state index contributed by atoms with van der Waals surface area (Å²) in [6.07, 6.45) is 1.75. The Kier molecular flexibility index (Phi) is 6.70. The second-order valence-corrected chi connectivity index (χ2v) is 7.69. The van der Waals surface area contributed by atoms with Crippen LogP contribution in [0, 0.1) is 11.9 Å². The molecule has 2 heterocycles. The third-order valence-corrected chi connectivity index (χ3v) is 5.59. The number of piperazine rings is 1. The van der Waals surface area contributed by atoms with Crippen LogP contribution in [0.25, 0.3) is 11.3 Å². The van der Waals surface area contributed by atoms with Gasteiger partial charge in [-0.1, -0.05) is 37.3 Å². The molecule has 2 aromatic carbocycles. The average molecular weight is 418 g/mol. The lowest BCUT2D eigenvalue weighted by Gasteiger charge is -2.33. The number of hydrogen-bond acceptors (Lipinski definition) is 4. The molecular formula is C25H26FN4O. The van der Waals surface area contributed by atoms with Crippen LogP contribution in [0.3, 0.4) is 0 Å². The van der Waals surface area contributed by atoms with E-state index in [-0.39, 0.29) is 11.7 Å². The van der Waals surface area contributed by atoms with E-state index < -0.39 is 0 Å². The van der Waals surface area contributed by atoms with Crippen LogP contribution in [0.4, 0.5) is 10.1 Å².